The molecule has 1 unspecified atom stereocenters. The van der Waals surface area contributed by atoms with Gasteiger partial charge in [0.05, 0.1) is 17.8 Å². The van der Waals surface area contributed by atoms with Crippen molar-refractivity contribution >= 4 is 5.78 Å². The van der Waals surface area contributed by atoms with Gasteiger partial charge in [-0.1, -0.05) is 6.92 Å². The Bertz CT molecular complexity index is 293. The topological polar surface area (TPSA) is 60.9 Å². The fraction of sp³-hybridized carbons (Fsp3) is 0.556. The van der Waals surface area contributed by atoms with Gasteiger partial charge in [0.25, 0.3) is 0 Å². The maximum absolute atomic E-state index is 11.5. The van der Waals surface area contributed by atoms with Gasteiger partial charge in [-0.15, -0.1) is 0 Å². The number of nitrogens with zero attached hydrogens (tertiary/aromatic N) is 2. The molecule has 1 aromatic rings. The second-order valence-electron chi connectivity index (χ2n) is 2.96. The van der Waals surface area contributed by atoms with Crippen molar-refractivity contribution in [3.05, 3.63) is 18.0 Å². The molecule has 1 rings (SSSR count). The van der Waals surface area contributed by atoms with Gasteiger partial charge in [-0.25, -0.2) is 0 Å². The molecular weight excluding hydrogens is 166 g/mol. The highest BCUT2D eigenvalue weighted by Gasteiger charge is 2.14. The quantitative estimate of drug-likeness (QED) is 0.699. The third-order valence-electron chi connectivity index (χ3n) is 2.02. The normalized spacial score (nSPS) is 12.8. The molecule has 1 atom stereocenters. The smallest absolute Gasteiger partial charge is 0.182 e. The van der Waals surface area contributed by atoms with Gasteiger partial charge in [0.1, 0.15) is 0 Å². The van der Waals surface area contributed by atoms with Gasteiger partial charge in [0.15, 0.2) is 5.78 Å². The summed E-state index contributed by atoms with van der Waals surface area (Å²) in [5, 5.41) is 4.01. The fourth-order valence-corrected chi connectivity index (χ4v) is 1.06. The maximum atomic E-state index is 11.5. The second-order valence-corrected chi connectivity index (χ2v) is 2.96. The fourth-order valence-electron chi connectivity index (χ4n) is 1.06. The van der Waals surface area contributed by atoms with Crippen LogP contribution < -0.4 is 5.73 Å². The highest BCUT2D eigenvalue weighted by Crippen LogP contribution is 2.03. The Morgan fingerprint density at radius 2 is 2.38 bits per heavy atom. The van der Waals surface area contributed by atoms with Crippen LogP contribution in [0.4, 0.5) is 0 Å². The zero-order valence-electron chi connectivity index (χ0n) is 8.03. The van der Waals surface area contributed by atoms with Crippen LogP contribution in [-0.2, 0) is 6.54 Å². The Balaban J connectivity index is 2.77. The lowest BCUT2D eigenvalue weighted by Gasteiger charge is -2.03. The molecule has 0 aromatic carbocycles. The van der Waals surface area contributed by atoms with E-state index in [0.717, 1.165) is 6.54 Å². The van der Waals surface area contributed by atoms with E-state index in [9.17, 15) is 4.79 Å². The summed E-state index contributed by atoms with van der Waals surface area (Å²) in [5.74, 6) is -0.0257. The average Bonchev–Trinajstić information content (AvgIpc) is 2.63. The number of aryl methyl sites for hydroxylation is 1. The van der Waals surface area contributed by atoms with Crippen molar-refractivity contribution in [2.45, 2.75) is 32.9 Å². The van der Waals surface area contributed by atoms with Gasteiger partial charge < -0.3 is 5.73 Å². The van der Waals surface area contributed by atoms with Gasteiger partial charge in [0, 0.05) is 12.7 Å². The van der Waals surface area contributed by atoms with Crippen molar-refractivity contribution in [3.63, 3.8) is 0 Å². The molecule has 13 heavy (non-hydrogen) atoms. The Morgan fingerprint density at radius 1 is 1.69 bits per heavy atom. The number of hydrogen-bond donors (Lipinski definition) is 1. The molecule has 4 nitrogen and oxygen atoms in total. The minimum absolute atomic E-state index is 0.0257. The van der Waals surface area contributed by atoms with Crippen LogP contribution in [0.1, 0.15) is 30.6 Å². The molecule has 0 fully saturated rings. The molecule has 2 N–H and O–H groups in total. The van der Waals surface area contributed by atoms with Crippen LogP contribution in [0.3, 0.4) is 0 Å². The summed E-state index contributed by atoms with van der Waals surface area (Å²) in [6, 6.07) is -0.394. The number of ketones is 1. The summed E-state index contributed by atoms with van der Waals surface area (Å²) in [6.45, 7) is 4.64. The van der Waals surface area contributed by atoms with Gasteiger partial charge in [-0.3, -0.25) is 9.48 Å². The molecule has 0 amide bonds. The molecule has 0 aliphatic heterocycles. The van der Waals surface area contributed by atoms with Crippen molar-refractivity contribution in [3.8, 4) is 0 Å². The third kappa shape index (κ3) is 2.15. The molecule has 0 bridgehead atoms. The van der Waals surface area contributed by atoms with E-state index in [1.165, 1.54) is 0 Å². The molecule has 0 saturated heterocycles. The van der Waals surface area contributed by atoms with E-state index in [2.05, 4.69) is 5.10 Å². The summed E-state index contributed by atoms with van der Waals surface area (Å²) in [7, 11) is 0. The Morgan fingerprint density at radius 3 is 2.85 bits per heavy atom. The van der Waals surface area contributed by atoms with Gasteiger partial charge in [-0.05, 0) is 13.3 Å². The standard InChI is InChI=1S/C9H15N3O/c1-3-8(10)9(13)7-5-11-12(4-2)6-7/h5-6,8H,3-4,10H2,1-2H3. The van der Waals surface area contributed by atoms with Crippen molar-refractivity contribution in [1.29, 1.82) is 0 Å². The highest BCUT2D eigenvalue weighted by atomic mass is 16.1. The van der Waals surface area contributed by atoms with Crippen LogP contribution in [0.15, 0.2) is 12.4 Å². The van der Waals surface area contributed by atoms with Crippen molar-refractivity contribution < 1.29 is 4.79 Å². The number of aromatic nitrogens is 2. The minimum Gasteiger partial charge on any atom is -0.321 e. The number of rotatable bonds is 4. The predicted octanol–water partition coefficient (Wildman–Crippen LogP) is 0.823. The molecule has 0 aliphatic carbocycles. The molecule has 0 spiro atoms. The average molecular weight is 181 g/mol. The third-order valence-corrected chi connectivity index (χ3v) is 2.02. The van der Waals surface area contributed by atoms with Crippen LogP contribution in [0.2, 0.25) is 0 Å². The molecular formula is C9H15N3O. The molecule has 1 aromatic heterocycles. The van der Waals surface area contributed by atoms with E-state index in [0.29, 0.717) is 12.0 Å². The predicted molar refractivity (Wildman–Crippen MR) is 50.5 cm³/mol. The van der Waals surface area contributed by atoms with Crippen LogP contribution >= 0.6 is 0 Å². The number of carbonyl (C=O) groups excluding carboxylic acids is 1. The summed E-state index contributed by atoms with van der Waals surface area (Å²) < 4.78 is 1.72. The number of nitrogens with two attached hydrogens (primary N) is 1. The van der Waals surface area contributed by atoms with Gasteiger partial charge in [-0.2, -0.15) is 5.10 Å². The summed E-state index contributed by atoms with van der Waals surface area (Å²) >= 11 is 0. The van der Waals surface area contributed by atoms with E-state index >= 15 is 0 Å². The first-order valence-electron chi connectivity index (χ1n) is 4.51. The number of Topliss-reactive ketones (excluding diaryl/α,β-unsaturated/α-hetero) is 1. The summed E-state index contributed by atoms with van der Waals surface area (Å²) in [4.78, 5) is 11.5. The van der Waals surface area contributed by atoms with Crippen molar-refractivity contribution in [2.75, 3.05) is 0 Å². The zero-order valence-corrected chi connectivity index (χ0v) is 8.03. The summed E-state index contributed by atoms with van der Waals surface area (Å²) in [5.41, 5.74) is 6.22. The minimum atomic E-state index is -0.394. The second kappa shape index (κ2) is 4.18. The molecule has 72 valence electrons. The first-order chi connectivity index (χ1) is 6.19. The SMILES string of the molecule is CCC(N)C(=O)c1cnn(CC)c1. The Kier molecular flexibility index (Phi) is 3.19. The highest BCUT2D eigenvalue weighted by molar-refractivity contribution is 5.99. The van der Waals surface area contributed by atoms with Crippen molar-refractivity contribution in [1.82, 2.24) is 9.78 Å². The Hall–Kier alpha value is -1.16. The monoisotopic (exact) mass is 181 g/mol. The molecule has 0 saturated carbocycles. The van der Waals surface area contributed by atoms with Crippen LogP contribution in [0.5, 0.6) is 0 Å². The zero-order chi connectivity index (χ0) is 9.84. The molecule has 0 radical (unpaired) electrons. The van der Waals surface area contributed by atoms with Crippen LogP contribution in [0, 0.1) is 0 Å². The number of hydrogen-bond acceptors (Lipinski definition) is 3. The van der Waals surface area contributed by atoms with E-state index in [-0.39, 0.29) is 5.78 Å². The first-order valence-corrected chi connectivity index (χ1v) is 4.51. The van der Waals surface area contributed by atoms with E-state index in [1.807, 2.05) is 13.8 Å². The van der Waals surface area contributed by atoms with Crippen LogP contribution in [0.25, 0.3) is 0 Å². The maximum Gasteiger partial charge on any atom is 0.182 e. The van der Waals surface area contributed by atoms with Gasteiger partial charge >= 0.3 is 0 Å². The Labute approximate surface area is 77.7 Å². The molecule has 1 heterocycles. The van der Waals surface area contributed by atoms with Crippen LogP contribution in [-0.4, -0.2) is 21.6 Å². The van der Waals surface area contributed by atoms with E-state index in [4.69, 9.17) is 5.73 Å². The summed E-state index contributed by atoms with van der Waals surface area (Å²) in [6.07, 6.45) is 3.97. The lowest BCUT2D eigenvalue weighted by Crippen LogP contribution is -2.29. The lowest BCUT2D eigenvalue weighted by molar-refractivity contribution is 0.0959. The molecule has 4 heteroatoms. The van der Waals surface area contributed by atoms with Crippen molar-refractivity contribution in [2.24, 2.45) is 5.73 Å². The van der Waals surface area contributed by atoms with Gasteiger partial charge in [0.2, 0.25) is 0 Å². The van der Waals surface area contributed by atoms with E-state index in [1.54, 1.807) is 17.1 Å². The lowest BCUT2D eigenvalue weighted by atomic mass is 10.1. The molecule has 0 aliphatic rings. The number of carbonyl (C=O) groups is 1. The largest absolute Gasteiger partial charge is 0.321 e. The first kappa shape index (κ1) is 9.92. The van der Waals surface area contributed by atoms with E-state index < -0.39 is 6.04 Å².